The largest absolute Gasteiger partial charge is 0.380 e. The van der Waals surface area contributed by atoms with Gasteiger partial charge in [0.05, 0.1) is 6.61 Å². The molecule has 0 aromatic carbocycles. The molecule has 0 bridgehead atoms. The summed E-state index contributed by atoms with van der Waals surface area (Å²) in [6.45, 7) is 18.5. The topological polar surface area (TPSA) is 27.7 Å². The predicted octanol–water partition coefficient (Wildman–Crippen LogP) is 1.03. The SMILES string of the molecule is CCOCCN(CC)CC(C)(C)N1CCNCC1. The summed E-state index contributed by atoms with van der Waals surface area (Å²) in [7, 11) is 0. The van der Waals surface area contributed by atoms with Crippen molar-refractivity contribution in [1.82, 2.24) is 15.1 Å². The Bertz CT molecular complexity index is 215. The van der Waals surface area contributed by atoms with Crippen molar-refractivity contribution >= 4 is 0 Å². The molecule has 0 saturated carbocycles. The molecular weight excluding hydrogens is 226 g/mol. The predicted molar refractivity (Wildman–Crippen MR) is 77.1 cm³/mol. The third-order valence-electron chi connectivity index (χ3n) is 3.79. The van der Waals surface area contributed by atoms with E-state index in [0.717, 1.165) is 59.0 Å². The smallest absolute Gasteiger partial charge is 0.0593 e. The van der Waals surface area contributed by atoms with Gasteiger partial charge < -0.3 is 10.1 Å². The summed E-state index contributed by atoms with van der Waals surface area (Å²) >= 11 is 0. The van der Waals surface area contributed by atoms with Crippen LogP contribution in [0.5, 0.6) is 0 Å². The van der Waals surface area contributed by atoms with E-state index in [9.17, 15) is 0 Å². The van der Waals surface area contributed by atoms with E-state index in [1.165, 1.54) is 0 Å². The lowest BCUT2D eigenvalue weighted by Crippen LogP contribution is -2.57. The summed E-state index contributed by atoms with van der Waals surface area (Å²) in [6, 6.07) is 0. The van der Waals surface area contributed by atoms with Crippen molar-refractivity contribution in [3.63, 3.8) is 0 Å². The van der Waals surface area contributed by atoms with Crippen LogP contribution in [0.2, 0.25) is 0 Å². The molecule has 0 unspecified atom stereocenters. The molecule has 0 amide bonds. The molecule has 1 fully saturated rings. The summed E-state index contributed by atoms with van der Waals surface area (Å²) in [5.74, 6) is 0. The van der Waals surface area contributed by atoms with Crippen LogP contribution in [-0.4, -0.2) is 74.4 Å². The van der Waals surface area contributed by atoms with Crippen molar-refractivity contribution in [2.24, 2.45) is 0 Å². The molecule has 108 valence electrons. The number of rotatable bonds is 8. The number of hydrogen-bond acceptors (Lipinski definition) is 4. The molecule has 1 aliphatic rings. The highest BCUT2D eigenvalue weighted by molar-refractivity contribution is 4.87. The Hall–Kier alpha value is -0.160. The Labute approximate surface area is 113 Å². The number of ether oxygens (including phenoxy) is 1. The van der Waals surface area contributed by atoms with Crippen LogP contribution in [0.3, 0.4) is 0 Å². The molecule has 1 saturated heterocycles. The van der Waals surface area contributed by atoms with Gasteiger partial charge in [-0.05, 0) is 27.3 Å². The Balaban J connectivity index is 2.39. The minimum Gasteiger partial charge on any atom is -0.380 e. The Kier molecular flexibility index (Phi) is 7.15. The first-order chi connectivity index (χ1) is 8.60. The van der Waals surface area contributed by atoms with Gasteiger partial charge in [0.2, 0.25) is 0 Å². The lowest BCUT2D eigenvalue weighted by atomic mass is 10.0. The van der Waals surface area contributed by atoms with E-state index in [-0.39, 0.29) is 5.54 Å². The molecular formula is C14H31N3O. The Morgan fingerprint density at radius 3 is 2.44 bits per heavy atom. The second kappa shape index (κ2) is 8.10. The van der Waals surface area contributed by atoms with Crippen molar-refractivity contribution in [2.75, 3.05) is 59.0 Å². The van der Waals surface area contributed by atoms with Crippen LogP contribution in [0.1, 0.15) is 27.7 Å². The second-order valence-electron chi connectivity index (χ2n) is 5.62. The molecule has 0 atom stereocenters. The molecule has 4 heteroatoms. The molecule has 4 nitrogen and oxygen atoms in total. The van der Waals surface area contributed by atoms with Gasteiger partial charge in [0.15, 0.2) is 0 Å². The Morgan fingerprint density at radius 1 is 1.22 bits per heavy atom. The van der Waals surface area contributed by atoms with Gasteiger partial charge in [-0.15, -0.1) is 0 Å². The summed E-state index contributed by atoms with van der Waals surface area (Å²) < 4.78 is 5.46. The van der Waals surface area contributed by atoms with Crippen LogP contribution in [-0.2, 0) is 4.74 Å². The number of likely N-dealkylation sites (N-methyl/N-ethyl adjacent to an activating group) is 1. The van der Waals surface area contributed by atoms with Gasteiger partial charge >= 0.3 is 0 Å². The van der Waals surface area contributed by atoms with Gasteiger partial charge in [-0.2, -0.15) is 0 Å². The molecule has 0 aromatic heterocycles. The van der Waals surface area contributed by atoms with E-state index in [1.807, 2.05) is 0 Å². The van der Waals surface area contributed by atoms with Crippen LogP contribution >= 0.6 is 0 Å². The monoisotopic (exact) mass is 257 g/mol. The molecule has 1 rings (SSSR count). The van der Waals surface area contributed by atoms with Crippen molar-refractivity contribution < 1.29 is 4.74 Å². The molecule has 0 radical (unpaired) electrons. The highest BCUT2D eigenvalue weighted by Crippen LogP contribution is 2.16. The van der Waals surface area contributed by atoms with Crippen LogP contribution in [0.4, 0.5) is 0 Å². The third kappa shape index (κ3) is 5.22. The van der Waals surface area contributed by atoms with Crippen LogP contribution in [0, 0.1) is 0 Å². The zero-order valence-electron chi connectivity index (χ0n) is 12.7. The average molecular weight is 257 g/mol. The third-order valence-corrected chi connectivity index (χ3v) is 3.79. The highest BCUT2D eigenvalue weighted by Gasteiger charge is 2.29. The molecule has 1 aliphatic heterocycles. The zero-order chi connectivity index (χ0) is 13.4. The minimum atomic E-state index is 0.254. The lowest BCUT2D eigenvalue weighted by Gasteiger charge is -2.43. The molecule has 0 spiro atoms. The van der Waals surface area contributed by atoms with Gasteiger partial charge in [0.25, 0.3) is 0 Å². The van der Waals surface area contributed by atoms with E-state index in [4.69, 9.17) is 4.74 Å². The van der Waals surface area contributed by atoms with Crippen molar-refractivity contribution in [3.05, 3.63) is 0 Å². The average Bonchev–Trinajstić information content (AvgIpc) is 2.38. The fourth-order valence-electron chi connectivity index (χ4n) is 2.60. The quantitative estimate of drug-likeness (QED) is 0.657. The van der Waals surface area contributed by atoms with Crippen LogP contribution in [0.15, 0.2) is 0 Å². The van der Waals surface area contributed by atoms with E-state index < -0.39 is 0 Å². The molecule has 1 N–H and O–H groups in total. The van der Waals surface area contributed by atoms with Crippen LogP contribution < -0.4 is 5.32 Å². The van der Waals surface area contributed by atoms with Gasteiger partial charge in [-0.1, -0.05) is 6.92 Å². The van der Waals surface area contributed by atoms with Gasteiger partial charge in [0, 0.05) is 51.4 Å². The first kappa shape index (κ1) is 15.9. The van der Waals surface area contributed by atoms with Crippen molar-refractivity contribution in [3.8, 4) is 0 Å². The fraction of sp³-hybridized carbons (Fsp3) is 1.00. The molecule has 1 heterocycles. The summed E-state index contributed by atoms with van der Waals surface area (Å²) in [4.78, 5) is 5.10. The molecule has 0 aromatic rings. The summed E-state index contributed by atoms with van der Waals surface area (Å²) in [6.07, 6.45) is 0. The second-order valence-corrected chi connectivity index (χ2v) is 5.62. The number of nitrogens with one attached hydrogen (secondary N) is 1. The molecule has 18 heavy (non-hydrogen) atoms. The number of piperazine rings is 1. The lowest BCUT2D eigenvalue weighted by molar-refractivity contribution is 0.0492. The van der Waals surface area contributed by atoms with Crippen LogP contribution in [0.25, 0.3) is 0 Å². The zero-order valence-corrected chi connectivity index (χ0v) is 12.7. The number of nitrogens with zero attached hydrogens (tertiary/aromatic N) is 2. The highest BCUT2D eigenvalue weighted by atomic mass is 16.5. The maximum Gasteiger partial charge on any atom is 0.0593 e. The van der Waals surface area contributed by atoms with E-state index in [0.29, 0.717) is 0 Å². The standard InChI is InChI=1S/C14H31N3O/c1-5-16(11-12-18-6-2)13-14(3,4)17-9-7-15-8-10-17/h15H,5-13H2,1-4H3. The molecule has 0 aliphatic carbocycles. The summed E-state index contributed by atoms with van der Waals surface area (Å²) in [5.41, 5.74) is 0.254. The Morgan fingerprint density at radius 2 is 1.89 bits per heavy atom. The van der Waals surface area contributed by atoms with E-state index in [1.54, 1.807) is 0 Å². The number of hydrogen-bond donors (Lipinski definition) is 1. The van der Waals surface area contributed by atoms with E-state index in [2.05, 4.69) is 42.8 Å². The van der Waals surface area contributed by atoms with Gasteiger partial charge in [-0.3, -0.25) is 9.80 Å². The van der Waals surface area contributed by atoms with Gasteiger partial charge in [0.1, 0.15) is 0 Å². The normalized spacial score (nSPS) is 18.5. The van der Waals surface area contributed by atoms with Crippen molar-refractivity contribution in [2.45, 2.75) is 33.2 Å². The summed E-state index contributed by atoms with van der Waals surface area (Å²) in [5, 5.41) is 3.42. The van der Waals surface area contributed by atoms with Crippen molar-refractivity contribution in [1.29, 1.82) is 0 Å². The van der Waals surface area contributed by atoms with Gasteiger partial charge in [-0.25, -0.2) is 0 Å². The fourth-order valence-corrected chi connectivity index (χ4v) is 2.60. The first-order valence-corrected chi connectivity index (χ1v) is 7.36. The maximum atomic E-state index is 5.46. The minimum absolute atomic E-state index is 0.254. The maximum absolute atomic E-state index is 5.46. The van der Waals surface area contributed by atoms with E-state index >= 15 is 0 Å². The first-order valence-electron chi connectivity index (χ1n) is 7.36.